The normalized spacial score (nSPS) is 28.1. The van der Waals surface area contributed by atoms with Crippen molar-refractivity contribution in [3.05, 3.63) is 29.8 Å². The molecule has 2 fully saturated rings. The summed E-state index contributed by atoms with van der Waals surface area (Å²) in [7, 11) is 2.14. The van der Waals surface area contributed by atoms with E-state index in [9.17, 15) is 9.59 Å². The molecule has 0 aliphatic carbocycles. The van der Waals surface area contributed by atoms with Crippen molar-refractivity contribution in [2.24, 2.45) is 10.8 Å². The van der Waals surface area contributed by atoms with E-state index in [0.717, 1.165) is 31.9 Å². The number of benzene rings is 1. The van der Waals surface area contributed by atoms with Gasteiger partial charge in [-0.3, -0.25) is 9.59 Å². The number of hydrogen-bond acceptors (Lipinski definition) is 4. The Bertz CT molecular complexity index is 670. The highest BCUT2D eigenvalue weighted by atomic mass is 16.5. The third-order valence-electron chi connectivity index (χ3n) is 5.95. The number of carbonyl (C=O) groups excluding carboxylic acids is 2. The monoisotopic (exact) mass is 359 g/mol. The lowest BCUT2D eigenvalue weighted by molar-refractivity contribution is -0.129. The van der Waals surface area contributed by atoms with Crippen LogP contribution in [0.1, 0.15) is 31.1 Å². The van der Waals surface area contributed by atoms with Gasteiger partial charge in [0.25, 0.3) is 5.91 Å². The number of nitrogens with one attached hydrogen (secondary N) is 1. The van der Waals surface area contributed by atoms with Crippen LogP contribution >= 0.6 is 0 Å². The van der Waals surface area contributed by atoms with Crippen LogP contribution in [0.25, 0.3) is 0 Å². The van der Waals surface area contributed by atoms with E-state index in [1.54, 1.807) is 24.3 Å². The van der Waals surface area contributed by atoms with Crippen LogP contribution < -0.4 is 10.1 Å². The molecule has 3 rings (SSSR count). The number of carbonyl (C=O) groups is 2. The third-order valence-corrected chi connectivity index (χ3v) is 5.95. The van der Waals surface area contributed by atoms with Gasteiger partial charge in [0.05, 0.1) is 13.2 Å². The largest absolute Gasteiger partial charge is 0.494 e. The highest BCUT2D eigenvalue weighted by Crippen LogP contribution is 2.50. The fourth-order valence-corrected chi connectivity index (χ4v) is 4.42. The van der Waals surface area contributed by atoms with Crippen LogP contribution in [-0.4, -0.2) is 68.0 Å². The van der Waals surface area contributed by atoms with Crippen LogP contribution in [0.2, 0.25) is 0 Å². The van der Waals surface area contributed by atoms with Crippen molar-refractivity contribution in [3.8, 4) is 5.75 Å². The van der Waals surface area contributed by atoms with Gasteiger partial charge in [0.15, 0.2) is 0 Å². The second-order valence-corrected chi connectivity index (χ2v) is 8.18. The molecule has 0 spiro atoms. The molecule has 6 nitrogen and oxygen atoms in total. The van der Waals surface area contributed by atoms with Crippen molar-refractivity contribution < 1.29 is 14.3 Å². The Kier molecular flexibility index (Phi) is 4.97. The number of hydrogen-bond donors (Lipinski definition) is 1. The molecule has 0 aromatic heterocycles. The van der Waals surface area contributed by atoms with Crippen LogP contribution in [0.3, 0.4) is 0 Å². The van der Waals surface area contributed by atoms with Crippen LogP contribution in [0.15, 0.2) is 24.3 Å². The highest BCUT2D eigenvalue weighted by molar-refractivity contribution is 5.96. The smallest absolute Gasteiger partial charge is 0.251 e. The molecule has 0 bridgehead atoms. The zero-order chi connectivity index (χ0) is 18.9. The Labute approximate surface area is 155 Å². The minimum absolute atomic E-state index is 0.0104. The number of rotatable bonds is 5. The molecule has 2 aliphatic heterocycles. The van der Waals surface area contributed by atoms with Crippen LogP contribution in [-0.2, 0) is 4.79 Å². The number of ether oxygens (including phenoxy) is 1. The molecule has 2 saturated heterocycles. The van der Waals surface area contributed by atoms with Crippen molar-refractivity contribution in [2.75, 3.05) is 46.4 Å². The summed E-state index contributed by atoms with van der Waals surface area (Å²) in [6, 6.07) is 6.95. The molecular weight excluding hydrogens is 330 g/mol. The highest BCUT2D eigenvalue weighted by Gasteiger charge is 2.57. The first-order chi connectivity index (χ1) is 12.3. The molecule has 1 N–H and O–H groups in total. The van der Waals surface area contributed by atoms with Crippen molar-refractivity contribution in [2.45, 2.75) is 20.8 Å². The fraction of sp³-hybridized carbons (Fsp3) is 0.600. The van der Waals surface area contributed by atoms with Crippen molar-refractivity contribution in [1.82, 2.24) is 15.1 Å². The maximum atomic E-state index is 12.6. The van der Waals surface area contributed by atoms with E-state index in [1.165, 1.54) is 0 Å². The van der Waals surface area contributed by atoms with Gasteiger partial charge in [-0.15, -0.1) is 0 Å². The molecule has 2 heterocycles. The molecule has 2 unspecified atom stereocenters. The van der Waals surface area contributed by atoms with E-state index in [1.807, 2.05) is 11.8 Å². The third kappa shape index (κ3) is 3.43. The maximum Gasteiger partial charge on any atom is 0.251 e. The van der Waals surface area contributed by atoms with Gasteiger partial charge in [0.1, 0.15) is 5.75 Å². The standard InChI is InChI=1S/C20H29N3O3/c1-5-26-16-8-6-15(7-9-16)18(25)21-10-17(24)23-13-19(2)11-22(4)12-20(19,3)14-23/h6-9H,5,10-14H2,1-4H3,(H,21,25). The lowest BCUT2D eigenvalue weighted by Gasteiger charge is -2.30. The topological polar surface area (TPSA) is 61.9 Å². The first-order valence-corrected chi connectivity index (χ1v) is 9.24. The molecule has 2 atom stereocenters. The Morgan fingerprint density at radius 2 is 1.65 bits per heavy atom. The SMILES string of the molecule is CCOc1ccc(C(=O)NCC(=O)N2CC3(C)CN(C)CC3(C)C2)cc1. The summed E-state index contributed by atoms with van der Waals surface area (Å²) in [6.45, 7) is 10.6. The minimum atomic E-state index is -0.238. The average molecular weight is 359 g/mol. The van der Waals surface area contributed by atoms with E-state index in [-0.39, 0.29) is 29.2 Å². The molecule has 1 aromatic rings. The summed E-state index contributed by atoms with van der Waals surface area (Å²) >= 11 is 0. The van der Waals surface area contributed by atoms with Crippen molar-refractivity contribution in [3.63, 3.8) is 0 Å². The zero-order valence-electron chi connectivity index (χ0n) is 16.2. The summed E-state index contributed by atoms with van der Waals surface area (Å²) in [5.41, 5.74) is 0.771. The number of likely N-dealkylation sites (tertiary alicyclic amines) is 2. The summed E-state index contributed by atoms with van der Waals surface area (Å²) in [5, 5.41) is 2.75. The number of nitrogens with zero attached hydrogens (tertiary/aromatic N) is 2. The Morgan fingerprint density at radius 1 is 1.08 bits per heavy atom. The van der Waals surface area contributed by atoms with Gasteiger partial charge in [-0.05, 0) is 38.2 Å². The lowest BCUT2D eigenvalue weighted by Crippen LogP contribution is -2.41. The Hall–Kier alpha value is -2.08. The van der Waals surface area contributed by atoms with E-state index in [2.05, 4.69) is 31.1 Å². The second kappa shape index (κ2) is 6.91. The van der Waals surface area contributed by atoms with E-state index >= 15 is 0 Å². The van der Waals surface area contributed by atoms with E-state index in [0.29, 0.717) is 12.2 Å². The van der Waals surface area contributed by atoms with E-state index < -0.39 is 0 Å². The van der Waals surface area contributed by atoms with Gasteiger partial charge in [-0.2, -0.15) is 0 Å². The van der Waals surface area contributed by atoms with Gasteiger partial charge < -0.3 is 19.9 Å². The van der Waals surface area contributed by atoms with Gasteiger partial charge in [-0.1, -0.05) is 13.8 Å². The first-order valence-electron chi connectivity index (χ1n) is 9.24. The van der Waals surface area contributed by atoms with Gasteiger partial charge in [0.2, 0.25) is 5.91 Å². The van der Waals surface area contributed by atoms with Crippen LogP contribution in [0.5, 0.6) is 5.75 Å². The molecule has 26 heavy (non-hydrogen) atoms. The predicted octanol–water partition coefficient (Wildman–Crippen LogP) is 1.62. The number of fused-ring (bicyclic) bond motifs is 1. The van der Waals surface area contributed by atoms with Crippen LogP contribution in [0, 0.1) is 10.8 Å². The fourth-order valence-electron chi connectivity index (χ4n) is 4.42. The Morgan fingerprint density at radius 3 is 2.19 bits per heavy atom. The molecule has 0 radical (unpaired) electrons. The quantitative estimate of drug-likeness (QED) is 0.868. The van der Waals surface area contributed by atoms with Gasteiger partial charge in [0, 0.05) is 42.6 Å². The van der Waals surface area contributed by atoms with Gasteiger partial charge in [-0.25, -0.2) is 0 Å². The first kappa shape index (κ1) is 18.7. The molecule has 1 aromatic carbocycles. The predicted molar refractivity (Wildman–Crippen MR) is 100 cm³/mol. The maximum absolute atomic E-state index is 12.6. The number of amides is 2. The van der Waals surface area contributed by atoms with Crippen LogP contribution in [0.4, 0.5) is 0 Å². The molecule has 6 heteroatoms. The molecule has 2 aliphatic rings. The summed E-state index contributed by atoms with van der Waals surface area (Å²) in [6.07, 6.45) is 0. The molecular formula is C20H29N3O3. The van der Waals surface area contributed by atoms with Crippen molar-refractivity contribution >= 4 is 11.8 Å². The average Bonchev–Trinajstić information content (AvgIpc) is 2.95. The minimum Gasteiger partial charge on any atom is -0.494 e. The molecule has 142 valence electrons. The summed E-state index contributed by atoms with van der Waals surface area (Å²) in [5.74, 6) is 0.483. The van der Waals surface area contributed by atoms with E-state index in [4.69, 9.17) is 4.74 Å². The summed E-state index contributed by atoms with van der Waals surface area (Å²) < 4.78 is 5.37. The Balaban J connectivity index is 1.54. The van der Waals surface area contributed by atoms with Gasteiger partial charge >= 0.3 is 0 Å². The zero-order valence-corrected chi connectivity index (χ0v) is 16.2. The molecule has 2 amide bonds. The summed E-state index contributed by atoms with van der Waals surface area (Å²) in [4.78, 5) is 29.1. The lowest BCUT2D eigenvalue weighted by atomic mass is 9.71. The van der Waals surface area contributed by atoms with Crippen molar-refractivity contribution in [1.29, 1.82) is 0 Å². The molecule has 0 saturated carbocycles. The second-order valence-electron chi connectivity index (χ2n) is 8.18.